The Morgan fingerprint density at radius 2 is 1.86 bits per heavy atom. The lowest BCUT2D eigenvalue weighted by Crippen LogP contribution is -2.07. The molecule has 0 fully saturated rings. The van der Waals surface area contributed by atoms with E-state index in [4.69, 9.17) is 9.84 Å². The van der Waals surface area contributed by atoms with Crippen molar-refractivity contribution < 1.29 is 14.6 Å². The molecule has 0 saturated carbocycles. The summed E-state index contributed by atoms with van der Waals surface area (Å²) in [4.78, 5) is 11.1. The predicted octanol–water partition coefficient (Wildman–Crippen LogP) is 5.15. The molecular formula is C19H22O3. The molecule has 0 aliphatic rings. The molecule has 3 nitrogen and oxygen atoms in total. The Morgan fingerprint density at radius 3 is 2.45 bits per heavy atom. The van der Waals surface area contributed by atoms with Crippen molar-refractivity contribution in [3.8, 4) is 11.5 Å². The van der Waals surface area contributed by atoms with Gasteiger partial charge in [-0.1, -0.05) is 37.6 Å². The highest BCUT2D eigenvalue weighted by atomic mass is 16.5. The molecule has 0 aromatic heterocycles. The van der Waals surface area contributed by atoms with E-state index in [0.29, 0.717) is 0 Å². The SMILES string of the molecule is CCCC(CC(=O)O)c1ccc(Oc2ccccc2)cc1C. The standard InChI is InChI=1S/C19H22O3/c1-3-7-15(13-19(20)21)18-11-10-17(12-14(18)2)22-16-8-5-4-6-9-16/h4-6,8-12,15H,3,7,13H2,1-2H3,(H,20,21). The van der Waals surface area contributed by atoms with Crippen molar-refractivity contribution in [3.63, 3.8) is 0 Å². The Morgan fingerprint density at radius 1 is 1.14 bits per heavy atom. The van der Waals surface area contributed by atoms with Gasteiger partial charge in [0.2, 0.25) is 0 Å². The Bertz CT molecular complexity index is 620. The predicted molar refractivity (Wildman–Crippen MR) is 87.6 cm³/mol. The topological polar surface area (TPSA) is 46.5 Å². The molecule has 0 saturated heterocycles. The Hall–Kier alpha value is -2.29. The fourth-order valence-corrected chi connectivity index (χ4v) is 2.72. The molecule has 1 atom stereocenters. The number of carboxylic acids is 1. The van der Waals surface area contributed by atoms with E-state index in [1.807, 2.05) is 55.5 Å². The maximum absolute atomic E-state index is 11.1. The second-order valence-corrected chi connectivity index (χ2v) is 5.52. The summed E-state index contributed by atoms with van der Waals surface area (Å²) in [6.45, 7) is 4.09. The average Bonchev–Trinajstić information content (AvgIpc) is 2.47. The summed E-state index contributed by atoms with van der Waals surface area (Å²) in [5.41, 5.74) is 2.18. The van der Waals surface area contributed by atoms with Gasteiger partial charge >= 0.3 is 5.97 Å². The van der Waals surface area contributed by atoms with Crippen LogP contribution in [0.2, 0.25) is 0 Å². The minimum atomic E-state index is -0.748. The molecule has 2 aromatic rings. The van der Waals surface area contributed by atoms with E-state index >= 15 is 0 Å². The second-order valence-electron chi connectivity index (χ2n) is 5.52. The molecule has 0 aliphatic carbocycles. The third-order valence-corrected chi connectivity index (χ3v) is 3.72. The van der Waals surface area contributed by atoms with Crippen molar-refractivity contribution in [1.82, 2.24) is 0 Å². The van der Waals surface area contributed by atoms with E-state index in [-0.39, 0.29) is 12.3 Å². The van der Waals surface area contributed by atoms with Gasteiger partial charge in [0.1, 0.15) is 11.5 Å². The summed E-state index contributed by atoms with van der Waals surface area (Å²) in [5, 5.41) is 9.09. The number of hydrogen-bond donors (Lipinski definition) is 1. The zero-order valence-corrected chi connectivity index (χ0v) is 13.1. The van der Waals surface area contributed by atoms with E-state index in [2.05, 4.69) is 6.92 Å². The Labute approximate surface area is 131 Å². The van der Waals surface area contributed by atoms with Crippen molar-refractivity contribution in [1.29, 1.82) is 0 Å². The Kier molecular flexibility index (Phi) is 5.59. The average molecular weight is 298 g/mol. The molecule has 0 aliphatic heterocycles. The monoisotopic (exact) mass is 298 g/mol. The van der Waals surface area contributed by atoms with Gasteiger partial charge in [-0.15, -0.1) is 0 Å². The molecule has 22 heavy (non-hydrogen) atoms. The number of carboxylic acid groups (broad SMARTS) is 1. The largest absolute Gasteiger partial charge is 0.481 e. The van der Waals surface area contributed by atoms with E-state index in [1.54, 1.807) is 0 Å². The molecule has 0 amide bonds. The first-order chi connectivity index (χ1) is 10.6. The highest BCUT2D eigenvalue weighted by molar-refractivity contribution is 5.68. The van der Waals surface area contributed by atoms with Crippen LogP contribution in [0.25, 0.3) is 0 Å². The van der Waals surface area contributed by atoms with Crippen LogP contribution < -0.4 is 4.74 Å². The first-order valence-corrected chi connectivity index (χ1v) is 7.65. The lowest BCUT2D eigenvalue weighted by atomic mass is 9.88. The molecule has 1 unspecified atom stereocenters. The number of benzene rings is 2. The summed E-state index contributed by atoms with van der Waals surface area (Å²) < 4.78 is 5.82. The van der Waals surface area contributed by atoms with Crippen molar-refractivity contribution >= 4 is 5.97 Å². The van der Waals surface area contributed by atoms with Crippen LogP contribution in [0.15, 0.2) is 48.5 Å². The molecule has 0 bridgehead atoms. The third kappa shape index (κ3) is 4.35. The summed E-state index contributed by atoms with van der Waals surface area (Å²) in [6, 6.07) is 15.5. The molecule has 3 heteroatoms. The summed E-state index contributed by atoms with van der Waals surface area (Å²) in [5.74, 6) is 0.888. The fraction of sp³-hybridized carbons (Fsp3) is 0.316. The van der Waals surface area contributed by atoms with Gasteiger partial charge in [0, 0.05) is 0 Å². The number of aliphatic carboxylic acids is 1. The molecule has 0 heterocycles. The highest BCUT2D eigenvalue weighted by Crippen LogP contribution is 2.31. The highest BCUT2D eigenvalue weighted by Gasteiger charge is 2.17. The van der Waals surface area contributed by atoms with Gasteiger partial charge < -0.3 is 9.84 Å². The first-order valence-electron chi connectivity index (χ1n) is 7.65. The van der Waals surface area contributed by atoms with Crippen LogP contribution in [0, 0.1) is 6.92 Å². The zero-order valence-electron chi connectivity index (χ0n) is 13.1. The van der Waals surface area contributed by atoms with Crippen molar-refractivity contribution in [2.75, 3.05) is 0 Å². The van der Waals surface area contributed by atoms with Crippen LogP contribution in [-0.4, -0.2) is 11.1 Å². The minimum absolute atomic E-state index is 0.0632. The number of carbonyl (C=O) groups is 1. The van der Waals surface area contributed by atoms with Gasteiger partial charge in [-0.25, -0.2) is 0 Å². The number of rotatable bonds is 7. The zero-order chi connectivity index (χ0) is 15.9. The second kappa shape index (κ2) is 7.64. The lowest BCUT2D eigenvalue weighted by Gasteiger charge is -2.18. The van der Waals surface area contributed by atoms with Gasteiger partial charge in [-0.3, -0.25) is 4.79 Å². The van der Waals surface area contributed by atoms with Crippen molar-refractivity contribution in [2.24, 2.45) is 0 Å². The summed E-state index contributed by atoms with van der Waals surface area (Å²) in [7, 11) is 0. The fourth-order valence-electron chi connectivity index (χ4n) is 2.72. The van der Waals surface area contributed by atoms with Gasteiger partial charge in [0.25, 0.3) is 0 Å². The van der Waals surface area contributed by atoms with E-state index in [0.717, 1.165) is 35.5 Å². The molecule has 0 radical (unpaired) electrons. The summed E-state index contributed by atoms with van der Waals surface area (Å²) in [6.07, 6.45) is 2.03. The number of para-hydroxylation sites is 1. The van der Waals surface area contributed by atoms with Gasteiger partial charge in [0.15, 0.2) is 0 Å². The molecule has 2 rings (SSSR count). The van der Waals surface area contributed by atoms with E-state index < -0.39 is 5.97 Å². The number of ether oxygens (including phenoxy) is 1. The van der Waals surface area contributed by atoms with Crippen LogP contribution in [0.5, 0.6) is 11.5 Å². The van der Waals surface area contributed by atoms with Crippen LogP contribution in [0.1, 0.15) is 43.2 Å². The smallest absolute Gasteiger partial charge is 0.303 e. The van der Waals surface area contributed by atoms with Crippen molar-refractivity contribution in [2.45, 2.75) is 39.0 Å². The van der Waals surface area contributed by atoms with Gasteiger partial charge in [-0.05, 0) is 54.7 Å². The number of hydrogen-bond acceptors (Lipinski definition) is 2. The normalized spacial score (nSPS) is 11.9. The number of aryl methyl sites for hydroxylation is 1. The first kappa shape index (κ1) is 16.1. The van der Waals surface area contributed by atoms with Crippen LogP contribution in [0.4, 0.5) is 0 Å². The lowest BCUT2D eigenvalue weighted by molar-refractivity contribution is -0.137. The van der Waals surface area contributed by atoms with Crippen LogP contribution in [0.3, 0.4) is 0 Å². The van der Waals surface area contributed by atoms with E-state index in [9.17, 15) is 4.79 Å². The van der Waals surface area contributed by atoms with Crippen LogP contribution in [-0.2, 0) is 4.79 Å². The third-order valence-electron chi connectivity index (χ3n) is 3.72. The maximum atomic E-state index is 11.1. The van der Waals surface area contributed by atoms with Gasteiger partial charge in [0.05, 0.1) is 6.42 Å². The molecule has 0 spiro atoms. The van der Waals surface area contributed by atoms with Crippen LogP contribution >= 0.6 is 0 Å². The minimum Gasteiger partial charge on any atom is -0.481 e. The quantitative estimate of drug-likeness (QED) is 0.769. The van der Waals surface area contributed by atoms with Crippen molar-refractivity contribution in [3.05, 3.63) is 59.7 Å². The molecule has 116 valence electrons. The van der Waals surface area contributed by atoms with E-state index in [1.165, 1.54) is 0 Å². The Balaban J connectivity index is 2.19. The van der Waals surface area contributed by atoms with Gasteiger partial charge in [-0.2, -0.15) is 0 Å². The molecule has 2 aromatic carbocycles. The summed E-state index contributed by atoms with van der Waals surface area (Å²) >= 11 is 0. The molecule has 1 N–H and O–H groups in total. The molecular weight excluding hydrogens is 276 g/mol. The maximum Gasteiger partial charge on any atom is 0.303 e.